The minimum absolute atomic E-state index is 0.0117. The Kier molecular flexibility index (Phi) is 2.33. The summed E-state index contributed by atoms with van der Waals surface area (Å²) in [6.45, 7) is 6.07. The Balaban J connectivity index is 2.36. The van der Waals surface area contributed by atoms with E-state index in [-0.39, 0.29) is 6.04 Å². The molecule has 1 heterocycles. The van der Waals surface area contributed by atoms with Gasteiger partial charge in [0.25, 0.3) is 0 Å². The smallest absolute Gasteiger partial charge is 0.122 e. The van der Waals surface area contributed by atoms with Crippen molar-refractivity contribution in [3.05, 3.63) is 17.0 Å². The fourth-order valence-electron chi connectivity index (χ4n) is 2.24. The van der Waals surface area contributed by atoms with E-state index in [1.807, 2.05) is 18.5 Å². The minimum Gasteiger partial charge on any atom is -0.263 e. The zero-order chi connectivity index (χ0) is 10.3. The first-order chi connectivity index (χ1) is 6.61. The highest BCUT2D eigenvalue weighted by molar-refractivity contribution is 5.23. The predicted octanol–water partition coefficient (Wildman–Crippen LogP) is 2.87. The van der Waals surface area contributed by atoms with Crippen LogP contribution >= 0.6 is 0 Å². The predicted molar refractivity (Wildman–Crippen MR) is 54.2 cm³/mol. The van der Waals surface area contributed by atoms with Crippen LogP contribution in [0.1, 0.15) is 42.3 Å². The zero-order valence-electron chi connectivity index (χ0n) is 9.05. The molecule has 14 heavy (non-hydrogen) atoms. The first-order valence-corrected chi connectivity index (χ1v) is 5.27. The van der Waals surface area contributed by atoms with Gasteiger partial charge in [0.2, 0.25) is 0 Å². The number of halogens is 1. The molecule has 2 nitrogen and oxygen atoms in total. The maximum Gasteiger partial charge on any atom is 0.122 e. The van der Waals surface area contributed by atoms with Crippen LogP contribution in [-0.2, 0) is 0 Å². The molecule has 0 spiro atoms. The summed E-state index contributed by atoms with van der Waals surface area (Å²) in [7, 11) is 0. The highest BCUT2D eigenvalue weighted by Crippen LogP contribution is 2.33. The van der Waals surface area contributed by atoms with Crippen LogP contribution in [0, 0.1) is 20.8 Å². The van der Waals surface area contributed by atoms with Gasteiger partial charge in [-0.3, -0.25) is 4.68 Å². The standard InChI is InChI=1S/C11H17FN2/c1-7-8(2)13-14(9(7)3)11-6-4-5-10(11)12/h10-11H,4-6H2,1-3H3/t10-,11-/m1/s1. The monoisotopic (exact) mass is 196 g/mol. The third-order valence-electron chi connectivity index (χ3n) is 3.40. The lowest BCUT2D eigenvalue weighted by Gasteiger charge is -2.15. The second-order valence-corrected chi connectivity index (χ2v) is 4.25. The summed E-state index contributed by atoms with van der Waals surface area (Å²) in [5, 5.41) is 4.42. The molecule has 0 aromatic carbocycles. The Bertz CT molecular complexity index is 343. The molecular formula is C11H17FN2. The topological polar surface area (TPSA) is 17.8 Å². The number of aromatic nitrogens is 2. The molecule has 0 unspecified atom stereocenters. The maximum absolute atomic E-state index is 13.5. The fourth-order valence-corrected chi connectivity index (χ4v) is 2.24. The average Bonchev–Trinajstić information content (AvgIpc) is 2.66. The van der Waals surface area contributed by atoms with Crippen LogP contribution in [-0.4, -0.2) is 16.0 Å². The quantitative estimate of drug-likeness (QED) is 0.675. The molecule has 1 aliphatic carbocycles. The van der Waals surface area contributed by atoms with Crippen molar-refractivity contribution in [3.8, 4) is 0 Å². The maximum atomic E-state index is 13.5. The Morgan fingerprint density at radius 2 is 2.00 bits per heavy atom. The molecule has 0 radical (unpaired) electrons. The molecule has 78 valence electrons. The van der Waals surface area contributed by atoms with Crippen molar-refractivity contribution in [2.75, 3.05) is 0 Å². The van der Waals surface area contributed by atoms with Gasteiger partial charge in [-0.15, -0.1) is 0 Å². The largest absolute Gasteiger partial charge is 0.263 e. The Morgan fingerprint density at radius 1 is 1.29 bits per heavy atom. The van der Waals surface area contributed by atoms with E-state index in [1.165, 1.54) is 5.56 Å². The molecule has 0 amide bonds. The summed E-state index contributed by atoms with van der Waals surface area (Å²) in [5.41, 5.74) is 3.35. The molecular weight excluding hydrogens is 179 g/mol. The van der Waals surface area contributed by atoms with E-state index in [1.54, 1.807) is 0 Å². The van der Waals surface area contributed by atoms with Gasteiger partial charge in [-0.2, -0.15) is 5.10 Å². The van der Waals surface area contributed by atoms with Crippen LogP contribution in [0.2, 0.25) is 0 Å². The van der Waals surface area contributed by atoms with Crippen molar-refractivity contribution in [2.24, 2.45) is 0 Å². The van der Waals surface area contributed by atoms with Gasteiger partial charge >= 0.3 is 0 Å². The molecule has 2 atom stereocenters. The van der Waals surface area contributed by atoms with E-state index in [2.05, 4.69) is 12.0 Å². The Morgan fingerprint density at radius 3 is 2.43 bits per heavy atom. The van der Waals surface area contributed by atoms with Crippen LogP contribution in [0.5, 0.6) is 0 Å². The number of hydrogen-bond acceptors (Lipinski definition) is 1. The van der Waals surface area contributed by atoms with Gasteiger partial charge in [0.1, 0.15) is 6.17 Å². The summed E-state index contributed by atoms with van der Waals surface area (Å²) >= 11 is 0. The van der Waals surface area contributed by atoms with E-state index in [0.717, 1.165) is 24.2 Å². The fraction of sp³-hybridized carbons (Fsp3) is 0.727. The first kappa shape index (κ1) is 9.69. The summed E-state index contributed by atoms with van der Waals surface area (Å²) in [5.74, 6) is 0. The highest BCUT2D eigenvalue weighted by Gasteiger charge is 2.30. The lowest BCUT2D eigenvalue weighted by Crippen LogP contribution is -2.17. The van der Waals surface area contributed by atoms with Crippen molar-refractivity contribution in [2.45, 2.75) is 52.2 Å². The first-order valence-electron chi connectivity index (χ1n) is 5.27. The highest BCUT2D eigenvalue weighted by atomic mass is 19.1. The molecule has 0 saturated heterocycles. The average molecular weight is 196 g/mol. The van der Waals surface area contributed by atoms with Crippen molar-refractivity contribution in [1.29, 1.82) is 0 Å². The zero-order valence-corrected chi connectivity index (χ0v) is 9.05. The molecule has 0 aliphatic heterocycles. The van der Waals surface area contributed by atoms with Crippen molar-refractivity contribution < 1.29 is 4.39 Å². The summed E-state index contributed by atoms with van der Waals surface area (Å²) in [4.78, 5) is 0. The lowest BCUT2D eigenvalue weighted by atomic mass is 10.2. The van der Waals surface area contributed by atoms with Gasteiger partial charge in [-0.1, -0.05) is 0 Å². The SMILES string of the molecule is Cc1nn([C@@H]2CCC[C@H]2F)c(C)c1C. The number of aryl methyl sites for hydroxylation is 1. The van der Waals surface area contributed by atoms with Gasteiger partial charge in [-0.05, 0) is 45.6 Å². The number of alkyl halides is 1. The Hall–Kier alpha value is -0.860. The van der Waals surface area contributed by atoms with Gasteiger partial charge in [0.15, 0.2) is 0 Å². The normalized spacial score (nSPS) is 27.1. The van der Waals surface area contributed by atoms with Gasteiger partial charge in [0, 0.05) is 5.69 Å². The third kappa shape index (κ3) is 1.35. The van der Waals surface area contributed by atoms with Gasteiger partial charge < -0.3 is 0 Å². The third-order valence-corrected chi connectivity index (χ3v) is 3.40. The van der Waals surface area contributed by atoms with Crippen LogP contribution in [0.15, 0.2) is 0 Å². The molecule has 1 fully saturated rings. The second kappa shape index (κ2) is 3.37. The molecule has 0 N–H and O–H groups in total. The molecule has 1 aromatic rings. The van der Waals surface area contributed by atoms with Crippen LogP contribution in [0.4, 0.5) is 4.39 Å². The van der Waals surface area contributed by atoms with Crippen LogP contribution < -0.4 is 0 Å². The van der Waals surface area contributed by atoms with E-state index in [9.17, 15) is 4.39 Å². The second-order valence-electron chi connectivity index (χ2n) is 4.25. The van der Waals surface area contributed by atoms with E-state index < -0.39 is 6.17 Å². The van der Waals surface area contributed by atoms with Crippen molar-refractivity contribution in [1.82, 2.24) is 9.78 Å². The molecule has 1 aromatic heterocycles. The summed E-state index contributed by atoms with van der Waals surface area (Å²) in [6.07, 6.45) is 1.92. The van der Waals surface area contributed by atoms with Crippen LogP contribution in [0.3, 0.4) is 0 Å². The van der Waals surface area contributed by atoms with Crippen molar-refractivity contribution >= 4 is 0 Å². The van der Waals surface area contributed by atoms with E-state index in [4.69, 9.17) is 0 Å². The number of rotatable bonds is 1. The summed E-state index contributed by atoms with van der Waals surface area (Å²) < 4.78 is 15.4. The molecule has 3 heteroatoms. The van der Waals surface area contributed by atoms with Gasteiger partial charge in [0.05, 0.1) is 11.7 Å². The lowest BCUT2D eigenvalue weighted by molar-refractivity contribution is 0.247. The van der Waals surface area contributed by atoms with E-state index >= 15 is 0 Å². The van der Waals surface area contributed by atoms with Crippen LogP contribution in [0.25, 0.3) is 0 Å². The van der Waals surface area contributed by atoms with E-state index in [0.29, 0.717) is 6.42 Å². The molecule has 1 aliphatic rings. The number of nitrogens with zero attached hydrogens (tertiary/aromatic N) is 2. The van der Waals surface area contributed by atoms with Gasteiger partial charge in [-0.25, -0.2) is 4.39 Å². The molecule has 2 rings (SSSR count). The molecule has 1 saturated carbocycles. The summed E-state index contributed by atoms with van der Waals surface area (Å²) in [6, 6.07) is -0.0117. The number of hydrogen-bond donors (Lipinski definition) is 0. The molecule has 0 bridgehead atoms. The minimum atomic E-state index is -0.701. The Labute approximate surface area is 84.1 Å². The van der Waals surface area contributed by atoms with Crippen molar-refractivity contribution in [3.63, 3.8) is 0 Å².